The van der Waals surface area contributed by atoms with Gasteiger partial charge in [-0.25, -0.2) is 0 Å². The lowest BCUT2D eigenvalue weighted by molar-refractivity contribution is -0.126. The second kappa shape index (κ2) is 7.31. The zero-order valence-electron chi connectivity index (χ0n) is 10.7. The second-order valence-electron chi connectivity index (χ2n) is 5.03. The van der Waals surface area contributed by atoms with Crippen LogP contribution in [0.25, 0.3) is 0 Å². The zero-order valence-corrected chi connectivity index (χ0v) is 10.7. The Morgan fingerprint density at radius 1 is 1.33 bits per heavy atom. The molecular weight excluding hydrogens is 247 g/mol. The fourth-order valence-electron chi connectivity index (χ4n) is 2.20. The number of rotatable bonds is 6. The van der Waals surface area contributed by atoms with Gasteiger partial charge in [-0.3, -0.25) is 0 Å². The van der Waals surface area contributed by atoms with Crippen molar-refractivity contribution in [1.29, 1.82) is 0 Å². The molecule has 0 radical (unpaired) electrons. The molecule has 2 N–H and O–H groups in total. The lowest BCUT2D eigenvalue weighted by Gasteiger charge is -2.29. The Labute approximate surface area is 106 Å². The SMILES string of the molecule is CC1CCCCC1OCC(O)CNCC(F)(F)F. The van der Waals surface area contributed by atoms with Crippen LogP contribution in [0, 0.1) is 5.92 Å². The van der Waals surface area contributed by atoms with Gasteiger partial charge in [-0.05, 0) is 18.8 Å². The van der Waals surface area contributed by atoms with Crippen LogP contribution in [0.15, 0.2) is 0 Å². The van der Waals surface area contributed by atoms with Gasteiger partial charge in [-0.1, -0.05) is 19.8 Å². The fraction of sp³-hybridized carbons (Fsp3) is 1.00. The van der Waals surface area contributed by atoms with Crippen LogP contribution in [0.2, 0.25) is 0 Å². The molecule has 0 heterocycles. The highest BCUT2D eigenvalue weighted by Crippen LogP contribution is 2.26. The summed E-state index contributed by atoms with van der Waals surface area (Å²) in [5, 5.41) is 11.7. The van der Waals surface area contributed by atoms with Crippen molar-refractivity contribution in [3.05, 3.63) is 0 Å². The van der Waals surface area contributed by atoms with Crippen molar-refractivity contribution >= 4 is 0 Å². The van der Waals surface area contributed by atoms with Gasteiger partial charge in [0.1, 0.15) is 0 Å². The van der Waals surface area contributed by atoms with Gasteiger partial charge in [-0.2, -0.15) is 13.2 Å². The van der Waals surface area contributed by atoms with Crippen LogP contribution in [0.4, 0.5) is 13.2 Å². The van der Waals surface area contributed by atoms with Crippen LogP contribution in [-0.4, -0.2) is 43.2 Å². The van der Waals surface area contributed by atoms with Crippen molar-refractivity contribution in [3.8, 4) is 0 Å². The van der Waals surface area contributed by atoms with Crippen molar-refractivity contribution < 1.29 is 23.0 Å². The molecule has 0 aromatic heterocycles. The number of aliphatic hydroxyl groups excluding tert-OH is 1. The zero-order chi connectivity index (χ0) is 13.6. The van der Waals surface area contributed by atoms with Gasteiger partial charge in [0, 0.05) is 6.54 Å². The molecule has 108 valence electrons. The highest BCUT2D eigenvalue weighted by atomic mass is 19.4. The molecule has 0 amide bonds. The van der Waals surface area contributed by atoms with Crippen molar-refractivity contribution in [2.24, 2.45) is 5.92 Å². The predicted molar refractivity (Wildman–Crippen MR) is 62.3 cm³/mol. The Bertz CT molecular complexity index is 236. The first-order valence-corrected chi connectivity index (χ1v) is 6.45. The van der Waals surface area contributed by atoms with Crippen LogP contribution >= 0.6 is 0 Å². The molecule has 6 heteroatoms. The molecule has 3 unspecified atom stereocenters. The van der Waals surface area contributed by atoms with Crippen LogP contribution < -0.4 is 5.32 Å². The maximum Gasteiger partial charge on any atom is 0.401 e. The van der Waals surface area contributed by atoms with Crippen LogP contribution in [-0.2, 0) is 4.74 Å². The second-order valence-corrected chi connectivity index (χ2v) is 5.03. The number of hydrogen-bond acceptors (Lipinski definition) is 3. The average molecular weight is 269 g/mol. The van der Waals surface area contributed by atoms with Gasteiger partial charge in [0.05, 0.1) is 25.4 Å². The highest BCUT2D eigenvalue weighted by molar-refractivity contribution is 4.73. The Kier molecular flexibility index (Phi) is 6.38. The molecule has 3 atom stereocenters. The minimum absolute atomic E-state index is 0.0966. The normalized spacial score (nSPS) is 27.2. The topological polar surface area (TPSA) is 41.5 Å². The first-order chi connectivity index (χ1) is 8.38. The van der Waals surface area contributed by atoms with Crippen molar-refractivity contribution in [1.82, 2.24) is 5.32 Å². The fourth-order valence-corrected chi connectivity index (χ4v) is 2.20. The Balaban J connectivity index is 2.10. The molecule has 0 aromatic rings. The van der Waals surface area contributed by atoms with E-state index < -0.39 is 18.8 Å². The summed E-state index contributed by atoms with van der Waals surface area (Å²) < 4.78 is 41.1. The van der Waals surface area contributed by atoms with E-state index in [1.165, 1.54) is 6.42 Å². The molecule has 1 fully saturated rings. The third-order valence-electron chi connectivity index (χ3n) is 3.24. The lowest BCUT2D eigenvalue weighted by atomic mass is 9.88. The van der Waals surface area contributed by atoms with Gasteiger partial charge in [0.25, 0.3) is 0 Å². The summed E-state index contributed by atoms with van der Waals surface area (Å²) in [7, 11) is 0. The van der Waals surface area contributed by atoms with Crippen molar-refractivity contribution in [2.45, 2.75) is 51.0 Å². The van der Waals surface area contributed by atoms with Crippen LogP contribution in [0.1, 0.15) is 32.6 Å². The van der Waals surface area contributed by atoms with Gasteiger partial charge >= 0.3 is 6.18 Å². The summed E-state index contributed by atoms with van der Waals surface area (Å²) in [5.41, 5.74) is 0. The Morgan fingerprint density at radius 2 is 2.00 bits per heavy atom. The van der Waals surface area contributed by atoms with E-state index in [1.807, 2.05) is 0 Å². The molecule has 0 saturated heterocycles. The summed E-state index contributed by atoms with van der Waals surface area (Å²) in [4.78, 5) is 0. The van der Waals surface area contributed by atoms with Crippen molar-refractivity contribution in [2.75, 3.05) is 19.7 Å². The summed E-state index contributed by atoms with van der Waals surface area (Å²) in [6, 6.07) is 0. The van der Waals surface area contributed by atoms with E-state index in [1.54, 1.807) is 0 Å². The van der Waals surface area contributed by atoms with Gasteiger partial charge in [-0.15, -0.1) is 0 Å². The minimum atomic E-state index is -4.24. The smallest absolute Gasteiger partial charge is 0.389 e. The predicted octanol–water partition coefficient (Wildman–Crippen LogP) is 2.09. The van der Waals surface area contributed by atoms with Gasteiger partial charge < -0.3 is 15.2 Å². The van der Waals surface area contributed by atoms with E-state index in [2.05, 4.69) is 12.2 Å². The molecule has 18 heavy (non-hydrogen) atoms. The van der Waals surface area contributed by atoms with Crippen LogP contribution in [0.5, 0.6) is 0 Å². The van der Waals surface area contributed by atoms with E-state index in [-0.39, 0.29) is 19.3 Å². The standard InChI is InChI=1S/C12H22F3NO2/c1-9-4-2-3-5-11(9)18-7-10(17)6-16-8-12(13,14)15/h9-11,16-17H,2-8H2,1H3. The summed E-state index contributed by atoms with van der Waals surface area (Å²) in [6.07, 6.45) is -0.568. The Morgan fingerprint density at radius 3 is 2.61 bits per heavy atom. The van der Waals surface area contributed by atoms with Gasteiger partial charge in [0.15, 0.2) is 0 Å². The third-order valence-corrected chi connectivity index (χ3v) is 3.24. The number of nitrogens with one attached hydrogen (secondary N) is 1. The molecule has 1 saturated carbocycles. The average Bonchev–Trinajstić information content (AvgIpc) is 2.26. The molecular formula is C12H22F3NO2. The van der Waals surface area contributed by atoms with Gasteiger partial charge in [0.2, 0.25) is 0 Å². The number of alkyl halides is 3. The first-order valence-electron chi connectivity index (χ1n) is 6.45. The molecule has 1 aliphatic carbocycles. The van der Waals surface area contributed by atoms with E-state index in [4.69, 9.17) is 4.74 Å². The molecule has 3 nitrogen and oxygen atoms in total. The number of ether oxygens (including phenoxy) is 1. The molecule has 0 aliphatic heterocycles. The molecule has 0 bridgehead atoms. The summed E-state index contributed by atoms with van der Waals surface area (Å²) >= 11 is 0. The van der Waals surface area contributed by atoms with E-state index in [0.29, 0.717) is 5.92 Å². The van der Waals surface area contributed by atoms with E-state index >= 15 is 0 Å². The van der Waals surface area contributed by atoms with Crippen LogP contribution in [0.3, 0.4) is 0 Å². The monoisotopic (exact) mass is 269 g/mol. The maximum absolute atomic E-state index is 11.9. The molecule has 0 aromatic carbocycles. The van der Waals surface area contributed by atoms with Crippen molar-refractivity contribution in [3.63, 3.8) is 0 Å². The number of hydrogen-bond donors (Lipinski definition) is 2. The lowest BCUT2D eigenvalue weighted by Crippen LogP contribution is -2.38. The molecule has 1 aliphatic rings. The molecule has 1 rings (SSSR count). The number of halogens is 3. The minimum Gasteiger partial charge on any atom is -0.389 e. The van der Waals surface area contributed by atoms with E-state index in [9.17, 15) is 18.3 Å². The summed E-state index contributed by atoms with van der Waals surface area (Å²) in [5.74, 6) is 0.467. The summed E-state index contributed by atoms with van der Waals surface area (Å²) in [6.45, 7) is 1.03. The Hall–Kier alpha value is -0.330. The largest absolute Gasteiger partial charge is 0.401 e. The molecule has 0 spiro atoms. The van der Waals surface area contributed by atoms with E-state index in [0.717, 1.165) is 19.3 Å². The quantitative estimate of drug-likeness (QED) is 0.776. The number of aliphatic hydroxyl groups is 1. The highest BCUT2D eigenvalue weighted by Gasteiger charge is 2.27. The first kappa shape index (κ1) is 15.7. The third kappa shape index (κ3) is 6.56. The maximum atomic E-state index is 11.9.